The zero-order valence-electron chi connectivity index (χ0n) is 6.26. The smallest absolute Gasteiger partial charge is 0.247 e. The number of carbonyl (C=O) groups excluding carboxylic acids is 1. The number of nitrogens with zero attached hydrogens (tertiary/aromatic N) is 1. The summed E-state index contributed by atoms with van der Waals surface area (Å²) in [5.74, 6) is -0.318. The predicted molar refractivity (Wildman–Crippen MR) is 38.7 cm³/mol. The zero-order valence-corrected chi connectivity index (χ0v) is 6.26. The molecule has 4 heteroatoms. The van der Waals surface area contributed by atoms with E-state index in [-0.39, 0.29) is 12.6 Å². The molecule has 0 unspecified atom stereocenters. The molecule has 0 aromatic heterocycles. The van der Waals surface area contributed by atoms with Crippen molar-refractivity contribution in [1.82, 2.24) is 5.32 Å². The SMILES string of the molecule is C=CC(=O)NC[N+](C)(C)[O-]. The highest BCUT2D eigenvalue weighted by atomic mass is 16.5. The van der Waals surface area contributed by atoms with E-state index >= 15 is 0 Å². The summed E-state index contributed by atoms with van der Waals surface area (Å²) >= 11 is 0. The number of rotatable bonds is 3. The van der Waals surface area contributed by atoms with E-state index in [9.17, 15) is 10.0 Å². The first-order valence-corrected chi connectivity index (χ1v) is 2.90. The van der Waals surface area contributed by atoms with E-state index in [4.69, 9.17) is 0 Å². The number of hydroxylamine groups is 3. The topological polar surface area (TPSA) is 52.2 Å². The molecule has 0 atom stereocenters. The predicted octanol–water partition coefficient (Wildman–Crippen LogP) is -0.180. The molecule has 0 spiro atoms. The number of hydrogen-bond donors (Lipinski definition) is 1. The lowest BCUT2D eigenvalue weighted by Gasteiger charge is -2.33. The van der Waals surface area contributed by atoms with Crippen molar-refractivity contribution in [2.24, 2.45) is 0 Å². The summed E-state index contributed by atoms with van der Waals surface area (Å²) in [4.78, 5) is 10.5. The van der Waals surface area contributed by atoms with Crippen molar-refractivity contribution < 1.29 is 9.44 Å². The van der Waals surface area contributed by atoms with Gasteiger partial charge in [-0.2, -0.15) is 0 Å². The maximum absolute atomic E-state index is 10.8. The second-order valence-electron chi connectivity index (χ2n) is 2.48. The summed E-state index contributed by atoms with van der Waals surface area (Å²) in [6.45, 7) is 3.31. The summed E-state index contributed by atoms with van der Waals surface area (Å²) in [6, 6.07) is 0. The van der Waals surface area contributed by atoms with Crippen LogP contribution >= 0.6 is 0 Å². The molecule has 0 aromatic rings. The fourth-order valence-electron chi connectivity index (χ4n) is 0.340. The third-order valence-corrected chi connectivity index (χ3v) is 0.819. The quantitative estimate of drug-likeness (QED) is 0.258. The van der Waals surface area contributed by atoms with Crippen LogP contribution in [0.2, 0.25) is 0 Å². The molecule has 0 fully saturated rings. The minimum Gasteiger partial charge on any atom is -0.632 e. The molecule has 0 aromatic carbocycles. The van der Waals surface area contributed by atoms with Gasteiger partial charge in [-0.15, -0.1) is 0 Å². The molecule has 0 bridgehead atoms. The van der Waals surface area contributed by atoms with Crippen LogP contribution in [0, 0.1) is 5.21 Å². The van der Waals surface area contributed by atoms with E-state index in [1.54, 1.807) is 0 Å². The van der Waals surface area contributed by atoms with Crippen molar-refractivity contribution in [3.05, 3.63) is 17.9 Å². The standard InChI is InChI=1S/C6H12N2O2/c1-4-6(9)7-5-8(2,3)10/h4H,1,5H2,2-3H3,(H,7,9). The van der Waals surface area contributed by atoms with E-state index in [1.165, 1.54) is 14.1 Å². The second kappa shape index (κ2) is 3.34. The molecule has 58 valence electrons. The molecule has 0 aliphatic heterocycles. The Balaban J connectivity index is 3.55. The van der Waals surface area contributed by atoms with Crippen LogP contribution in [0.1, 0.15) is 0 Å². The normalized spacial score (nSPS) is 10.7. The average Bonchev–Trinajstić information content (AvgIpc) is 1.81. The Morgan fingerprint density at radius 1 is 1.80 bits per heavy atom. The Kier molecular flexibility index (Phi) is 3.05. The highest BCUT2D eigenvalue weighted by Gasteiger charge is 2.01. The lowest BCUT2D eigenvalue weighted by atomic mass is 10.6. The first-order valence-electron chi connectivity index (χ1n) is 2.90. The number of amides is 1. The molecule has 0 radical (unpaired) electrons. The van der Waals surface area contributed by atoms with Crippen LogP contribution in [0.15, 0.2) is 12.7 Å². The molecular formula is C6H12N2O2. The van der Waals surface area contributed by atoms with Gasteiger partial charge in [0.2, 0.25) is 5.91 Å². The molecule has 0 saturated heterocycles. The molecule has 0 saturated carbocycles. The van der Waals surface area contributed by atoms with Crippen LogP contribution < -0.4 is 5.32 Å². The van der Waals surface area contributed by atoms with Crippen LogP contribution in [0.3, 0.4) is 0 Å². The Morgan fingerprint density at radius 2 is 2.30 bits per heavy atom. The summed E-state index contributed by atoms with van der Waals surface area (Å²) in [5.41, 5.74) is 0. The lowest BCUT2D eigenvalue weighted by molar-refractivity contribution is -0.841. The maximum atomic E-state index is 10.8. The third-order valence-electron chi connectivity index (χ3n) is 0.819. The summed E-state index contributed by atoms with van der Waals surface area (Å²) in [5, 5.41) is 13.2. The Hall–Kier alpha value is -0.870. The fraction of sp³-hybridized carbons (Fsp3) is 0.500. The fourth-order valence-corrected chi connectivity index (χ4v) is 0.340. The van der Waals surface area contributed by atoms with Gasteiger partial charge >= 0.3 is 0 Å². The van der Waals surface area contributed by atoms with Gasteiger partial charge in [0.25, 0.3) is 0 Å². The van der Waals surface area contributed by atoms with Crippen LogP contribution in [0.4, 0.5) is 0 Å². The molecular weight excluding hydrogens is 132 g/mol. The van der Waals surface area contributed by atoms with Crippen molar-refractivity contribution in [3.8, 4) is 0 Å². The van der Waals surface area contributed by atoms with Gasteiger partial charge in [0.05, 0.1) is 14.1 Å². The van der Waals surface area contributed by atoms with Crippen LogP contribution in [0.5, 0.6) is 0 Å². The van der Waals surface area contributed by atoms with Crippen LogP contribution in [0.25, 0.3) is 0 Å². The van der Waals surface area contributed by atoms with E-state index in [0.29, 0.717) is 0 Å². The zero-order chi connectivity index (χ0) is 8.20. The molecule has 0 heterocycles. The van der Waals surface area contributed by atoms with E-state index in [1.807, 2.05) is 0 Å². The minimum absolute atomic E-state index is 0.0743. The van der Waals surface area contributed by atoms with E-state index in [2.05, 4.69) is 11.9 Å². The van der Waals surface area contributed by atoms with Gasteiger partial charge in [-0.3, -0.25) is 4.79 Å². The van der Waals surface area contributed by atoms with Gasteiger partial charge in [-0.25, -0.2) is 0 Å². The first kappa shape index (κ1) is 9.13. The summed E-state index contributed by atoms with van der Waals surface area (Å²) in [6.07, 6.45) is 1.13. The van der Waals surface area contributed by atoms with Gasteiger partial charge in [0.15, 0.2) is 6.67 Å². The number of carbonyl (C=O) groups is 1. The van der Waals surface area contributed by atoms with Crippen LogP contribution in [-0.2, 0) is 4.79 Å². The Labute approximate surface area is 60.3 Å². The highest BCUT2D eigenvalue weighted by molar-refractivity contribution is 5.86. The number of hydrogen-bond acceptors (Lipinski definition) is 2. The van der Waals surface area contributed by atoms with Gasteiger partial charge < -0.3 is 15.2 Å². The molecule has 0 aliphatic rings. The van der Waals surface area contributed by atoms with Crippen molar-refractivity contribution >= 4 is 5.91 Å². The first-order chi connectivity index (χ1) is 4.45. The summed E-state index contributed by atoms with van der Waals surface area (Å²) < 4.78 is -0.528. The highest BCUT2D eigenvalue weighted by Crippen LogP contribution is 1.86. The molecule has 0 rings (SSSR count). The van der Waals surface area contributed by atoms with E-state index in [0.717, 1.165) is 6.08 Å². The molecule has 1 N–H and O–H groups in total. The van der Waals surface area contributed by atoms with Crippen molar-refractivity contribution in [2.45, 2.75) is 0 Å². The number of nitrogens with one attached hydrogen (secondary N) is 1. The van der Waals surface area contributed by atoms with Crippen molar-refractivity contribution in [1.29, 1.82) is 0 Å². The molecule has 1 amide bonds. The Bertz CT molecular complexity index is 137. The van der Waals surface area contributed by atoms with E-state index < -0.39 is 4.65 Å². The molecule has 0 aliphatic carbocycles. The largest absolute Gasteiger partial charge is 0.632 e. The van der Waals surface area contributed by atoms with Crippen molar-refractivity contribution in [3.63, 3.8) is 0 Å². The molecule has 10 heavy (non-hydrogen) atoms. The summed E-state index contributed by atoms with van der Waals surface area (Å²) in [7, 11) is 2.90. The second-order valence-corrected chi connectivity index (χ2v) is 2.48. The van der Waals surface area contributed by atoms with Crippen LogP contribution in [-0.4, -0.2) is 31.3 Å². The van der Waals surface area contributed by atoms with Gasteiger partial charge in [-0.05, 0) is 6.08 Å². The maximum Gasteiger partial charge on any atom is 0.247 e. The van der Waals surface area contributed by atoms with Gasteiger partial charge in [0, 0.05) is 0 Å². The minimum atomic E-state index is -0.528. The van der Waals surface area contributed by atoms with Crippen molar-refractivity contribution in [2.75, 3.05) is 20.8 Å². The number of quaternary nitrogens is 1. The monoisotopic (exact) mass is 144 g/mol. The van der Waals surface area contributed by atoms with Gasteiger partial charge in [0.1, 0.15) is 0 Å². The Morgan fingerprint density at radius 3 is 2.60 bits per heavy atom. The lowest BCUT2D eigenvalue weighted by Crippen LogP contribution is -2.43. The third kappa shape index (κ3) is 5.27. The van der Waals surface area contributed by atoms with Gasteiger partial charge in [-0.1, -0.05) is 6.58 Å². The average molecular weight is 144 g/mol. The molecule has 4 nitrogen and oxygen atoms in total.